The predicted octanol–water partition coefficient (Wildman–Crippen LogP) is 5.37. The molecule has 1 aromatic carbocycles. The lowest BCUT2D eigenvalue weighted by Gasteiger charge is -2.26. The Kier molecular flexibility index (Phi) is 8.07. The van der Waals surface area contributed by atoms with Crippen LogP contribution in [0.4, 0.5) is 17.6 Å². The van der Waals surface area contributed by atoms with Crippen molar-refractivity contribution in [2.75, 3.05) is 0 Å². The number of hydrogen-bond acceptors (Lipinski definition) is 6. The third kappa shape index (κ3) is 6.40. The first kappa shape index (κ1) is 25.2. The van der Waals surface area contributed by atoms with E-state index in [1.165, 1.54) is 41.9 Å². The second kappa shape index (κ2) is 11.2. The van der Waals surface area contributed by atoms with Crippen molar-refractivity contribution in [2.24, 2.45) is 0 Å². The number of benzene rings is 1. The second-order valence-corrected chi connectivity index (χ2v) is 9.44. The Labute approximate surface area is 203 Å². The third-order valence-electron chi connectivity index (χ3n) is 6.05. The number of ether oxygens (including phenoxy) is 2. The maximum absolute atomic E-state index is 13.0. The van der Waals surface area contributed by atoms with Crippen LogP contribution in [0.3, 0.4) is 0 Å². The van der Waals surface area contributed by atoms with E-state index in [-0.39, 0.29) is 5.92 Å². The van der Waals surface area contributed by atoms with E-state index in [4.69, 9.17) is 0 Å². The van der Waals surface area contributed by atoms with E-state index in [2.05, 4.69) is 14.5 Å². The summed E-state index contributed by atoms with van der Waals surface area (Å²) in [6, 6.07) is 7.21. The molecule has 1 saturated carbocycles. The van der Waals surface area contributed by atoms with Gasteiger partial charge >= 0.3 is 13.2 Å². The van der Waals surface area contributed by atoms with Crippen molar-refractivity contribution in [2.45, 2.75) is 63.3 Å². The number of aliphatic hydroxyl groups is 1. The molecule has 11 heteroatoms. The quantitative estimate of drug-likeness (QED) is 0.237. The van der Waals surface area contributed by atoms with Crippen LogP contribution in [0.5, 0.6) is 11.5 Å². The summed E-state index contributed by atoms with van der Waals surface area (Å²) in [5, 5.41) is 22.6. The lowest BCUT2D eigenvalue weighted by molar-refractivity contribution is -0.605. The van der Waals surface area contributed by atoms with E-state index in [0.717, 1.165) is 36.1 Å². The SMILES string of the molecule is [O-][n+]1ccc(CC(c2ccc(OC(F)F)c(OC(F)F)c2)c2ncc(C3CCCCC3O)s2)cc1. The van der Waals surface area contributed by atoms with Crippen molar-refractivity contribution in [3.05, 3.63) is 75.1 Å². The number of nitrogens with zero attached hydrogens (tertiary/aromatic N) is 2. The molecule has 0 saturated heterocycles. The average Bonchev–Trinajstić information content (AvgIpc) is 3.29. The molecule has 1 N–H and O–H groups in total. The van der Waals surface area contributed by atoms with Gasteiger partial charge in [0.1, 0.15) is 5.01 Å². The lowest BCUT2D eigenvalue weighted by Crippen LogP contribution is -2.24. The first-order valence-electron chi connectivity index (χ1n) is 11.1. The highest BCUT2D eigenvalue weighted by molar-refractivity contribution is 7.11. The van der Waals surface area contributed by atoms with E-state index >= 15 is 0 Å². The maximum atomic E-state index is 13.0. The third-order valence-corrected chi connectivity index (χ3v) is 7.29. The number of hydrogen-bond donors (Lipinski definition) is 1. The average molecular weight is 513 g/mol. The van der Waals surface area contributed by atoms with Gasteiger partial charge in [-0.1, -0.05) is 18.9 Å². The molecule has 2 aromatic heterocycles. The highest BCUT2D eigenvalue weighted by atomic mass is 32.1. The monoisotopic (exact) mass is 512 g/mol. The second-order valence-electron chi connectivity index (χ2n) is 8.35. The number of thiazole rings is 1. The number of halogens is 4. The Balaban J connectivity index is 1.71. The Bertz CT molecular complexity index is 1110. The fourth-order valence-corrected chi connectivity index (χ4v) is 5.60. The van der Waals surface area contributed by atoms with Crippen LogP contribution in [0, 0.1) is 5.21 Å². The summed E-state index contributed by atoms with van der Waals surface area (Å²) in [6.45, 7) is -6.44. The van der Waals surface area contributed by atoms with Crippen molar-refractivity contribution in [3.63, 3.8) is 0 Å². The first-order chi connectivity index (χ1) is 16.8. The van der Waals surface area contributed by atoms with Crippen molar-refractivity contribution in [3.8, 4) is 11.5 Å². The predicted molar refractivity (Wildman–Crippen MR) is 120 cm³/mol. The summed E-state index contributed by atoms with van der Waals surface area (Å²) in [4.78, 5) is 5.51. The summed E-state index contributed by atoms with van der Waals surface area (Å²) in [5.41, 5.74) is 1.30. The maximum Gasteiger partial charge on any atom is 0.387 e. The van der Waals surface area contributed by atoms with Crippen LogP contribution in [0.1, 0.15) is 58.5 Å². The highest BCUT2D eigenvalue weighted by Crippen LogP contribution is 2.41. The molecule has 0 spiro atoms. The molecule has 4 rings (SSSR count). The zero-order valence-electron chi connectivity index (χ0n) is 18.5. The van der Waals surface area contributed by atoms with Crippen molar-refractivity contribution in [1.29, 1.82) is 0 Å². The van der Waals surface area contributed by atoms with E-state index in [9.17, 15) is 27.9 Å². The molecule has 1 aliphatic rings. The topological polar surface area (TPSA) is 78.5 Å². The molecule has 35 heavy (non-hydrogen) atoms. The van der Waals surface area contributed by atoms with Gasteiger partial charge in [-0.05, 0) is 42.5 Å². The normalized spacial score (nSPS) is 19.2. The Morgan fingerprint density at radius 2 is 1.71 bits per heavy atom. The van der Waals surface area contributed by atoms with Crippen LogP contribution in [0.25, 0.3) is 0 Å². The van der Waals surface area contributed by atoms with E-state index < -0.39 is 36.7 Å². The van der Waals surface area contributed by atoms with Gasteiger partial charge in [-0.3, -0.25) is 0 Å². The largest absolute Gasteiger partial charge is 0.619 e. The molecule has 3 unspecified atom stereocenters. The van der Waals surface area contributed by atoms with Gasteiger partial charge in [-0.25, -0.2) is 4.98 Å². The van der Waals surface area contributed by atoms with Gasteiger partial charge in [0, 0.05) is 35.0 Å². The van der Waals surface area contributed by atoms with E-state index in [1.807, 2.05) is 0 Å². The molecule has 3 atom stereocenters. The van der Waals surface area contributed by atoms with E-state index in [0.29, 0.717) is 21.7 Å². The van der Waals surface area contributed by atoms with Gasteiger partial charge in [0.2, 0.25) is 0 Å². The molecular formula is C24H24F4N2O4S. The summed E-state index contributed by atoms with van der Waals surface area (Å²) in [7, 11) is 0. The minimum absolute atomic E-state index is 0.0219. The Morgan fingerprint density at radius 3 is 2.40 bits per heavy atom. The Hall–Kier alpha value is -2.92. The highest BCUT2D eigenvalue weighted by Gasteiger charge is 2.29. The molecule has 3 aromatic rings. The van der Waals surface area contributed by atoms with Gasteiger partial charge in [0.05, 0.1) is 6.10 Å². The van der Waals surface area contributed by atoms with E-state index in [1.54, 1.807) is 18.3 Å². The summed E-state index contributed by atoms with van der Waals surface area (Å²) in [5.74, 6) is -1.48. The molecule has 0 radical (unpaired) electrons. The van der Waals surface area contributed by atoms with Crippen LogP contribution >= 0.6 is 11.3 Å². The van der Waals surface area contributed by atoms with Crippen LogP contribution < -0.4 is 14.2 Å². The standard InChI is InChI=1S/C24H24F4N2O4S/c25-23(26)33-19-6-5-15(12-20(19)34-24(27)28)17(11-14-7-9-30(32)10-8-14)22-29-13-21(35-22)16-3-1-2-4-18(16)31/h5-10,12-13,16-18,23-24,31H,1-4,11H2. The molecule has 2 heterocycles. The molecule has 0 aliphatic heterocycles. The molecule has 6 nitrogen and oxygen atoms in total. The molecule has 1 fully saturated rings. The molecular weight excluding hydrogens is 488 g/mol. The van der Waals surface area contributed by atoms with Gasteiger partial charge in [0.25, 0.3) is 0 Å². The number of rotatable bonds is 9. The van der Waals surface area contributed by atoms with Gasteiger partial charge in [-0.15, -0.1) is 11.3 Å². The van der Waals surface area contributed by atoms with Gasteiger partial charge in [0.15, 0.2) is 23.9 Å². The van der Waals surface area contributed by atoms with Gasteiger partial charge in [-0.2, -0.15) is 22.3 Å². The minimum atomic E-state index is -3.23. The van der Waals surface area contributed by atoms with Crippen molar-refractivity contribution < 1.29 is 36.9 Å². The van der Waals surface area contributed by atoms with Crippen LogP contribution in [-0.2, 0) is 6.42 Å². The van der Waals surface area contributed by atoms with Crippen molar-refractivity contribution in [1.82, 2.24) is 4.98 Å². The fourth-order valence-electron chi connectivity index (χ4n) is 4.36. The number of alkyl halides is 4. The number of aromatic nitrogens is 2. The molecule has 1 aliphatic carbocycles. The summed E-state index contributed by atoms with van der Waals surface area (Å²) < 4.78 is 61.0. The van der Waals surface area contributed by atoms with Crippen LogP contribution in [0.2, 0.25) is 0 Å². The molecule has 0 bridgehead atoms. The summed E-state index contributed by atoms with van der Waals surface area (Å²) in [6.07, 6.45) is 7.90. The first-order valence-corrected chi connectivity index (χ1v) is 12.0. The Morgan fingerprint density at radius 1 is 1.03 bits per heavy atom. The summed E-state index contributed by atoms with van der Waals surface area (Å²) >= 11 is 1.42. The van der Waals surface area contributed by atoms with Crippen LogP contribution in [0.15, 0.2) is 48.9 Å². The lowest BCUT2D eigenvalue weighted by atomic mass is 9.86. The number of pyridine rings is 1. The minimum Gasteiger partial charge on any atom is -0.619 e. The fraction of sp³-hybridized carbons (Fsp3) is 0.417. The number of aliphatic hydroxyl groups excluding tert-OH is 1. The van der Waals surface area contributed by atoms with Crippen LogP contribution in [-0.4, -0.2) is 29.4 Å². The smallest absolute Gasteiger partial charge is 0.387 e. The van der Waals surface area contributed by atoms with Gasteiger partial charge < -0.3 is 19.8 Å². The van der Waals surface area contributed by atoms with Crippen molar-refractivity contribution >= 4 is 11.3 Å². The zero-order valence-corrected chi connectivity index (χ0v) is 19.3. The zero-order chi connectivity index (χ0) is 24.9. The molecule has 188 valence electrons. The molecule has 0 amide bonds.